The van der Waals surface area contributed by atoms with E-state index in [9.17, 15) is 0 Å². The van der Waals surface area contributed by atoms with Crippen LogP contribution in [-0.2, 0) is 0 Å². The van der Waals surface area contributed by atoms with Gasteiger partial charge in [0.15, 0.2) is 5.72 Å². The fourth-order valence-electron chi connectivity index (χ4n) is 0.347. The molecule has 0 aliphatic heterocycles. The maximum Gasteiger partial charge on any atom is 0.162 e. The van der Waals surface area contributed by atoms with Gasteiger partial charge in [-0.25, -0.2) is 0 Å². The van der Waals surface area contributed by atoms with Crippen LogP contribution < -0.4 is 5.48 Å². The van der Waals surface area contributed by atoms with Crippen molar-refractivity contribution in [1.29, 1.82) is 0 Å². The van der Waals surface area contributed by atoms with Gasteiger partial charge >= 0.3 is 0 Å². The van der Waals surface area contributed by atoms with Crippen LogP contribution in [0, 0.1) is 5.92 Å². The Bertz CT molecular complexity index is 80.3. The number of aliphatic hydroxyl groups is 2. The van der Waals surface area contributed by atoms with Crippen molar-refractivity contribution in [3.8, 4) is 0 Å². The van der Waals surface area contributed by atoms with Crippen molar-refractivity contribution in [2.75, 3.05) is 6.61 Å². The summed E-state index contributed by atoms with van der Waals surface area (Å²) in [5.41, 5.74) is 0.0775. The van der Waals surface area contributed by atoms with E-state index in [0.29, 0.717) is 0 Å². The molecule has 0 amide bonds. The highest BCUT2D eigenvalue weighted by Crippen LogP contribution is 2.10. The Morgan fingerprint density at radius 3 is 2.00 bits per heavy atom. The quantitative estimate of drug-likeness (QED) is 0.305. The zero-order valence-corrected chi connectivity index (χ0v) is 5.63. The highest BCUT2D eigenvalue weighted by atomic mass is 16.5. The molecule has 1 unspecified atom stereocenters. The number of aliphatic hydroxyl groups excluding tert-OH is 1. The van der Waals surface area contributed by atoms with E-state index < -0.39 is 12.3 Å². The zero-order valence-electron chi connectivity index (χ0n) is 5.63. The van der Waals surface area contributed by atoms with Crippen LogP contribution in [0.3, 0.4) is 0 Å². The predicted octanol–water partition coefficient (Wildman–Crippen LogP) is -0.698. The average molecular weight is 135 g/mol. The molecule has 0 heterocycles. The molecule has 0 fully saturated rings. The SMILES string of the molecule is CC(C)C(O)(CO)NO. The fourth-order valence-corrected chi connectivity index (χ4v) is 0.347. The van der Waals surface area contributed by atoms with Crippen LogP contribution in [-0.4, -0.2) is 27.8 Å². The molecule has 0 aromatic rings. The van der Waals surface area contributed by atoms with Crippen LogP contribution in [0.2, 0.25) is 0 Å². The molecule has 0 saturated carbocycles. The molecule has 0 rings (SSSR count). The van der Waals surface area contributed by atoms with Crippen molar-refractivity contribution >= 4 is 0 Å². The normalized spacial score (nSPS) is 18.0. The van der Waals surface area contributed by atoms with Crippen molar-refractivity contribution in [3.05, 3.63) is 0 Å². The lowest BCUT2D eigenvalue weighted by Crippen LogP contribution is -2.51. The Balaban J connectivity index is 3.92. The van der Waals surface area contributed by atoms with Crippen molar-refractivity contribution in [2.45, 2.75) is 19.6 Å². The van der Waals surface area contributed by atoms with Gasteiger partial charge in [-0.15, -0.1) is 0 Å². The first-order valence-corrected chi connectivity index (χ1v) is 2.81. The van der Waals surface area contributed by atoms with E-state index in [4.69, 9.17) is 15.4 Å². The molecule has 4 nitrogen and oxygen atoms in total. The lowest BCUT2D eigenvalue weighted by molar-refractivity contribution is -0.148. The van der Waals surface area contributed by atoms with Gasteiger partial charge in [-0.2, -0.15) is 5.48 Å². The van der Waals surface area contributed by atoms with Gasteiger partial charge in [-0.05, 0) is 5.92 Å². The van der Waals surface area contributed by atoms with E-state index in [2.05, 4.69) is 0 Å². The Kier molecular flexibility index (Phi) is 3.07. The van der Waals surface area contributed by atoms with Gasteiger partial charge in [0.2, 0.25) is 0 Å². The van der Waals surface area contributed by atoms with Gasteiger partial charge < -0.3 is 15.4 Å². The molecule has 4 heteroatoms. The lowest BCUT2D eigenvalue weighted by Gasteiger charge is -2.27. The van der Waals surface area contributed by atoms with Crippen LogP contribution in [0.1, 0.15) is 13.8 Å². The second-order valence-corrected chi connectivity index (χ2v) is 2.35. The molecule has 0 bridgehead atoms. The first kappa shape index (κ1) is 8.84. The van der Waals surface area contributed by atoms with Gasteiger partial charge in [0.1, 0.15) is 0 Å². The van der Waals surface area contributed by atoms with Gasteiger partial charge in [0, 0.05) is 0 Å². The van der Waals surface area contributed by atoms with Crippen molar-refractivity contribution in [2.24, 2.45) is 5.92 Å². The van der Waals surface area contributed by atoms with E-state index in [-0.39, 0.29) is 5.92 Å². The number of hydrogen-bond donors (Lipinski definition) is 4. The number of nitrogens with one attached hydrogen (secondary N) is 1. The smallest absolute Gasteiger partial charge is 0.162 e. The Hall–Kier alpha value is -0.160. The van der Waals surface area contributed by atoms with Crippen LogP contribution in [0.4, 0.5) is 0 Å². The molecule has 1 atom stereocenters. The topological polar surface area (TPSA) is 72.7 Å². The van der Waals surface area contributed by atoms with E-state index in [1.807, 2.05) is 0 Å². The molecular weight excluding hydrogens is 122 g/mol. The summed E-state index contributed by atoms with van der Waals surface area (Å²) in [4.78, 5) is 0. The maximum atomic E-state index is 9.09. The van der Waals surface area contributed by atoms with E-state index in [0.717, 1.165) is 0 Å². The molecule has 0 aliphatic carbocycles. The van der Waals surface area contributed by atoms with Crippen molar-refractivity contribution in [3.63, 3.8) is 0 Å². The van der Waals surface area contributed by atoms with Gasteiger partial charge in [-0.3, -0.25) is 0 Å². The molecule has 4 N–H and O–H groups in total. The maximum absolute atomic E-state index is 9.09. The monoisotopic (exact) mass is 135 g/mol. The van der Waals surface area contributed by atoms with Crippen LogP contribution >= 0.6 is 0 Å². The zero-order chi connectivity index (χ0) is 7.49. The van der Waals surface area contributed by atoms with Crippen LogP contribution in [0.25, 0.3) is 0 Å². The number of hydrogen-bond acceptors (Lipinski definition) is 4. The van der Waals surface area contributed by atoms with Gasteiger partial charge in [0.25, 0.3) is 0 Å². The highest BCUT2D eigenvalue weighted by molar-refractivity contribution is 4.73. The largest absolute Gasteiger partial charge is 0.392 e. The van der Waals surface area contributed by atoms with E-state index in [1.54, 1.807) is 19.3 Å². The van der Waals surface area contributed by atoms with Crippen molar-refractivity contribution < 1.29 is 15.4 Å². The Morgan fingerprint density at radius 1 is 1.56 bits per heavy atom. The Morgan fingerprint density at radius 2 is 2.00 bits per heavy atom. The minimum atomic E-state index is -1.56. The number of rotatable bonds is 3. The molecule has 0 radical (unpaired) electrons. The molecule has 9 heavy (non-hydrogen) atoms. The summed E-state index contributed by atoms with van der Waals surface area (Å²) in [6, 6.07) is 0. The summed E-state index contributed by atoms with van der Waals surface area (Å²) in [6.07, 6.45) is 0. The number of hydroxylamine groups is 1. The third kappa shape index (κ3) is 1.91. The highest BCUT2D eigenvalue weighted by Gasteiger charge is 2.28. The van der Waals surface area contributed by atoms with E-state index >= 15 is 0 Å². The minimum absolute atomic E-state index is 0.229. The summed E-state index contributed by atoms with van der Waals surface area (Å²) in [5.74, 6) is -0.229. The second-order valence-electron chi connectivity index (χ2n) is 2.35. The van der Waals surface area contributed by atoms with E-state index in [1.165, 1.54) is 0 Å². The molecule has 0 saturated heterocycles. The second kappa shape index (κ2) is 3.12. The summed E-state index contributed by atoms with van der Waals surface area (Å²) >= 11 is 0. The first-order chi connectivity index (χ1) is 4.06. The molecule has 0 aromatic heterocycles. The third-order valence-corrected chi connectivity index (χ3v) is 1.39. The van der Waals surface area contributed by atoms with Crippen LogP contribution in [0.15, 0.2) is 0 Å². The summed E-state index contributed by atoms with van der Waals surface area (Å²) < 4.78 is 0. The molecule has 56 valence electrons. The molecular formula is C5H13NO3. The average Bonchev–Trinajstić information content (AvgIpc) is 1.86. The minimum Gasteiger partial charge on any atom is -0.392 e. The first-order valence-electron chi connectivity index (χ1n) is 2.81. The molecule has 0 spiro atoms. The lowest BCUT2D eigenvalue weighted by atomic mass is 10.0. The summed E-state index contributed by atoms with van der Waals surface area (Å²) in [6.45, 7) is 2.86. The predicted molar refractivity (Wildman–Crippen MR) is 31.8 cm³/mol. The summed E-state index contributed by atoms with van der Waals surface area (Å²) in [7, 11) is 0. The van der Waals surface area contributed by atoms with Gasteiger partial charge in [0.05, 0.1) is 6.61 Å². The fraction of sp³-hybridized carbons (Fsp3) is 1.00. The molecule has 0 aliphatic rings. The standard InChI is InChI=1S/C5H13NO3/c1-4(2)5(8,3-7)6-9/h4,6-9H,3H2,1-2H3. The summed E-state index contributed by atoms with van der Waals surface area (Å²) in [5, 5.41) is 25.9. The Labute approximate surface area is 54.1 Å². The van der Waals surface area contributed by atoms with Gasteiger partial charge in [-0.1, -0.05) is 13.8 Å². The van der Waals surface area contributed by atoms with Crippen molar-refractivity contribution in [1.82, 2.24) is 5.48 Å². The van der Waals surface area contributed by atoms with Crippen LogP contribution in [0.5, 0.6) is 0 Å². The third-order valence-electron chi connectivity index (χ3n) is 1.39. The molecule has 0 aromatic carbocycles.